The van der Waals surface area contributed by atoms with E-state index in [9.17, 15) is 0 Å². The van der Waals surface area contributed by atoms with Gasteiger partial charge in [0, 0.05) is 13.2 Å². The van der Waals surface area contributed by atoms with E-state index in [1.165, 1.54) is 0 Å². The van der Waals surface area contributed by atoms with Gasteiger partial charge in [0.05, 0.1) is 6.54 Å². The smallest absolute Gasteiger partial charge is 0.183 e. The molecule has 0 N–H and O–H groups in total. The Labute approximate surface area is 66.4 Å². The lowest BCUT2D eigenvalue weighted by atomic mass is 10.6. The monoisotopic (exact) mass is 159 g/mol. The van der Waals surface area contributed by atoms with E-state index in [1.807, 2.05) is 26.5 Å². The number of hydrogen-bond acceptors (Lipinski definition) is 1. The second-order valence-corrected chi connectivity index (χ2v) is 3.04. The first-order chi connectivity index (χ1) is 4.68. The van der Waals surface area contributed by atoms with Gasteiger partial charge in [-0.2, -0.15) is 0 Å². The summed E-state index contributed by atoms with van der Waals surface area (Å²) in [6.45, 7) is 2.06. The lowest BCUT2D eigenvalue weighted by Crippen LogP contribution is -2.19. The summed E-state index contributed by atoms with van der Waals surface area (Å²) in [6.07, 6.45) is 3.87. The van der Waals surface area contributed by atoms with Crippen molar-refractivity contribution in [3.8, 4) is 0 Å². The van der Waals surface area contributed by atoms with Crippen molar-refractivity contribution in [3.63, 3.8) is 0 Å². The zero-order chi connectivity index (χ0) is 7.56. The zero-order valence-electron chi connectivity index (χ0n) is 6.34. The van der Waals surface area contributed by atoms with Gasteiger partial charge < -0.3 is 4.90 Å². The first kappa shape index (κ1) is 7.61. The summed E-state index contributed by atoms with van der Waals surface area (Å²) in [5.41, 5.74) is 0. The molecule has 0 amide bonds. The molecule has 0 spiro atoms. The number of rotatable bonds is 0. The first-order valence-corrected chi connectivity index (χ1v) is 3.69. The normalized spacial score (nSPS) is 19.7. The van der Waals surface area contributed by atoms with Crippen LogP contribution >= 0.6 is 11.6 Å². The van der Waals surface area contributed by atoms with Gasteiger partial charge in [0.2, 0.25) is 0 Å². The van der Waals surface area contributed by atoms with Crippen molar-refractivity contribution < 1.29 is 4.58 Å². The number of allylic oxidation sites excluding steroid dienone is 1. The third-order valence-electron chi connectivity index (χ3n) is 1.49. The van der Waals surface area contributed by atoms with E-state index in [0.717, 1.165) is 18.1 Å². The van der Waals surface area contributed by atoms with Gasteiger partial charge in [-0.05, 0) is 0 Å². The molecule has 56 valence electrons. The van der Waals surface area contributed by atoms with Crippen LogP contribution in [-0.2, 0) is 0 Å². The number of halogens is 1. The minimum absolute atomic E-state index is 0.794. The lowest BCUT2D eigenvalue weighted by molar-refractivity contribution is -0.491. The summed E-state index contributed by atoms with van der Waals surface area (Å²) >= 11 is 5.83. The van der Waals surface area contributed by atoms with Crippen LogP contribution < -0.4 is 0 Å². The molecule has 0 saturated heterocycles. The molecule has 1 aliphatic heterocycles. The van der Waals surface area contributed by atoms with E-state index in [0.29, 0.717) is 0 Å². The van der Waals surface area contributed by atoms with E-state index in [1.54, 1.807) is 0 Å². The van der Waals surface area contributed by atoms with Crippen LogP contribution in [0.1, 0.15) is 0 Å². The fourth-order valence-electron chi connectivity index (χ4n) is 0.899. The molecule has 0 atom stereocenters. The Morgan fingerprint density at radius 3 is 3.10 bits per heavy atom. The molecule has 0 aromatic carbocycles. The quantitative estimate of drug-likeness (QED) is 0.473. The average Bonchev–Trinajstić information content (AvgIpc) is 1.93. The van der Waals surface area contributed by atoms with Crippen LogP contribution in [0.4, 0.5) is 0 Å². The molecular formula is C7H12ClN2+. The van der Waals surface area contributed by atoms with Gasteiger partial charge in [-0.1, -0.05) is 11.6 Å². The van der Waals surface area contributed by atoms with Crippen LogP contribution in [0.25, 0.3) is 0 Å². The van der Waals surface area contributed by atoms with Crippen molar-refractivity contribution in [3.05, 3.63) is 11.2 Å². The van der Waals surface area contributed by atoms with E-state index in [-0.39, 0.29) is 0 Å². The largest absolute Gasteiger partial charge is 0.373 e. The summed E-state index contributed by atoms with van der Waals surface area (Å²) < 4.78 is 2.09. The maximum Gasteiger partial charge on any atom is 0.183 e. The fourth-order valence-corrected chi connectivity index (χ4v) is 1.23. The third-order valence-corrected chi connectivity index (χ3v) is 1.69. The van der Waals surface area contributed by atoms with Crippen LogP contribution in [0.5, 0.6) is 0 Å². The molecule has 0 aliphatic carbocycles. The molecule has 1 heterocycles. The number of hydrogen-bond donors (Lipinski definition) is 0. The third kappa shape index (κ3) is 2.03. The van der Waals surface area contributed by atoms with Gasteiger partial charge in [0.1, 0.15) is 12.1 Å². The summed E-state index contributed by atoms with van der Waals surface area (Å²) in [5.74, 6) is 0. The van der Waals surface area contributed by atoms with E-state index < -0.39 is 0 Å². The highest BCUT2D eigenvalue weighted by atomic mass is 35.5. The van der Waals surface area contributed by atoms with Crippen molar-refractivity contribution >= 4 is 17.8 Å². The minimum Gasteiger partial charge on any atom is -0.373 e. The van der Waals surface area contributed by atoms with Crippen molar-refractivity contribution in [2.24, 2.45) is 0 Å². The molecule has 0 bridgehead atoms. The van der Waals surface area contributed by atoms with Gasteiger partial charge in [0.25, 0.3) is 0 Å². The Morgan fingerprint density at radius 2 is 2.40 bits per heavy atom. The molecule has 0 fully saturated rings. The molecule has 0 aromatic heterocycles. The number of nitrogens with zero attached hydrogens (tertiary/aromatic N) is 2. The summed E-state index contributed by atoms with van der Waals surface area (Å²) in [7, 11) is 4.05. The lowest BCUT2D eigenvalue weighted by Gasteiger charge is -2.08. The van der Waals surface area contributed by atoms with Gasteiger partial charge in [-0.15, -0.1) is 0 Å². The van der Waals surface area contributed by atoms with Crippen molar-refractivity contribution in [1.29, 1.82) is 0 Å². The van der Waals surface area contributed by atoms with Crippen molar-refractivity contribution in [2.45, 2.75) is 0 Å². The topological polar surface area (TPSA) is 6.25 Å². The Hall–Kier alpha value is -0.500. The second-order valence-electron chi connectivity index (χ2n) is 2.60. The Bertz CT molecular complexity index is 184. The Morgan fingerprint density at radius 1 is 1.70 bits per heavy atom. The summed E-state index contributed by atoms with van der Waals surface area (Å²) in [4.78, 5) is 2.09. The highest BCUT2D eigenvalue weighted by Gasteiger charge is 2.06. The predicted molar refractivity (Wildman–Crippen MR) is 43.7 cm³/mol. The molecule has 1 aliphatic rings. The average molecular weight is 160 g/mol. The van der Waals surface area contributed by atoms with Crippen molar-refractivity contribution in [1.82, 2.24) is 4.90 Å². The molecule has 1 rings (SSSR count). The highest BCUT2D eigenvalue weighted by Crippen LogP contribution is 2.01. The van der Waals surface area contributed by atoms with Crippen LogP contribution in [-0.4, -0.2) is 42.9 Å². The van der Waals surface area contributed by atoms with E-state index >= 15 is 0 Å². The summed E-state index contributed by atoms with van der Waals surface area (Å²) in [6, 6.07) is 0. The highest BCUT2D eigenvalue weighted by molar-refractivity contribution is 6.38. The molecular weight excluding hydrogens is 148 g/mol. The maximum absolute atomic E-state index is 5.83. The Kier molecular flexibility index (Phi) is 2.33. The SMILES string of the molecule is CN1C=C(Cl)C=[N+](C)CC1. The van der Waals surface area contributed by atoms with Crippen LogP contribution in [0.15, 0.2) is 11.2 Å². The molecule has 0 radical (unpaired) electrons. The standard InChI is InChI=1S/C7H12ClN2/c1-9-3-4-10(2)6-7(8)5-9/h5-6H,3-4H2,1-2H3/q+1. The van der Waals surface area contributed by atoms with E-state index in [4.69, 9.17) is 11.6 Å². The zero-order valence-corrected chi connectivity index (χ0v) is 7.10. The Balaban J connectivity index is 2.72. The summed E-state index contributed by atoms with van der Waals surface area (Å²) in [5, 5.41) is 0.794. The molecule has 2 nitrogen and oxygen atoms in total. The molecule has 0 saturated carbocycles. The van der Waals surface area contributed by atoms with Crippen LogP contribution in [0.3, 0.4) is 0 Å². The molecule has 3 heteroatoms. The second kappa shape index (κ2) is 3.06. The van der Waals surface area contributed by atoms with E-state index in [2.05, 4.69) is 9.48 Å². The molecule has 10 heavy (non-hydrogen) atoms. The van der Waals surface area contributed by atoms with Gasteiger partial charge in [-0.3, -0.25) is 0 Å². The van der Waals surface area contributed by atoms with Crippen molar-refractivity contribution in [2.75, 3.05) is 27.2 Å². The molecule has 0 unspecified atom stereocenters. The number of likely N-dealkylation sites (N-methyl/N-ethyl adjacent to an activating group) is 2. The first-order valence-electron chi connectivity index (χ1n) is 3.31. The van der Waals surface area contributed by atoms with Gasteiger partial charge in [-0.25, -0.2) is 4.58 Å². The van der Waals surface area contributed by atoms with Gasteiger partial charge >= 0.3 is 0 Å². The minimum atomic E-state index is 0.794. The van der Waals surface area contributed by atoms with Gasteiger partial charge in [0.15, 0.2) is 12.8 Å². The van der Waals surface area contributed by atoms with Crippen LogP contribution in [0.2, 0.25) is 0 Å². The molecule has 0 aromatic rings. The predicted octanol–water partition coefficient (Wildman–Crippen LogP) is 0.725. The fraction of sp³-hybridized carbons (Fsp3) is 0.571. The maximum atomic E-state index is 5.83. The van der Waals surface area contributed by atoms with Crippen LogP contribution in [0, 0.1) is 0 Å².